The number of hydrogen-bond acceptors (Lipinski definition) is 5. The van der Waals surface area contributed by atoms with Gasteiger partial charge < -0.3 is 4.42 Å². The topological polar surface area (TPSA) is 51.8 Å². The van der Waals surface area contributed by atoms with E-state index in [4.69, 9.17) is 19.4 Å². The molecule has 0 aliphatic heterocycles. The summed E-state index contributed by atoms with van der Waals surface area (Å²) in [5, 5.41) is 7.05. The third-order valence-corrected chi connectivity index (χ3v) is 10.3. The van der Waals surface area contributed by atoms with Gasteiger partial charge in [0.25, 0.3) is 0 Å². The van der Waals surface area contributed by atoms with E-state index in [0.29, 0.717) is 17.5 Å². The van der Waals surface area contributed by atoms with Crippen molar-refractivity contribution in [2.75, 3.05) is 0 Å². The number of nitrogens with zero attached hydrogens (tertiary/aromatic N) is 3. The summed E-state index contributed by atoms with van der Waals surface area (Å²) in [6.07, 6.45) is 0. The molecule has 0 atom stereocenters. The molecule has 0 spiro atoms. The zero-order chi connectivity index (χ0) is 31.6. The minimum atomic E-state index is 0.600. The normalized spacial score (nSPS) is 11.8. The van der Waals surface area contributed by atoms with Crippen LogP contribution in [0, 0.1) is 0 Å². The summed E-state index contributed by atoms with van der Waals surface area (Å²) in [6, 6.07) is 52.8. The first-order valence-corrected chi connectivity index (χ1v) is 16.7. The van der Waals surface area contributed by atoms with Crippen LogP contribution in [0.25, 0.3) is 98.2 Å². The Hall–Kier alpha value is -6.17. The van der Waals surface area contributed by atoms with Crippen LogP contribution in [-0.2, 0) is 0 Å². The number of para-hydroxylation sites is 1. The van der Waals surface area contributed by atoms with Crippen LogP contribution in [0.2, 0.25) is 0 Å². The molecule has 5 heteroatoms. The number of aromatic nitrogens is 3. The molecule has 0 amide bonds. The van der Waals surface area contributed by atoms with E-state index in [9.17, 15) is 0 Å². The average molecular weight is 632 g/mol. The molecule has 4 nitrogen and oxygen atoms in total. The van der Waals surface area contributed by atoms with E-state index in [2.05, 4.69) is 127 Å². The van der Waals surface area contributed by atoms with E-state index in [1.54, 1.807) is 0 Å². The standard InChI is InChI=1S/C43H25N3OS/c1-2-10-27-23-30(20-19-26(27)9-1)42-44-41(45-43(46-42)31-21-22-34-33-13-3-5-17-37(33)47-38(34)25-31)29-12-7-11-28(24-29)32-15-8-16-36-35-14-4-6-18-39(35)48-40(32)36/h1-25H. The lowest BCUT2D eigenvalue weighted by Crippen LogP contribution is -2.00. The fourth-order valence-electron chi connectivity index (χ4n) is 6.76. The van der Waals surface area contributed by atoms with Crippen molar-refractivity contribution < 1.29 is 4.42 Å². The number of rotatable bonds is 4. The van der Waals surface area contributed by atoms with Gasteiger partial charge in [-0.05, 0) is 58.3 Å². The molecular weight excluding hydrogens is 607 g/mol. The van der Waals surface area contributed by atoms with Gasteiger partial charge in [-0.1, -0.05) is 115 Å². The van der Waals surface area contributed by atoms with Crippen LogP contribution < -0.4 is 0 Å². The summed E-state index contributed by atoms with van der Waals surface area (Å²) < 4.78 is 8.82. The minimum Gasteiger partial charge on any atom is -0.456 e. The quantitative estimate of drug-likeness (QED) is 0.194. The highest BCUT2D eigenvalue weighted by atomic mass is 32.1. The molecule has 3 heterocycles. The van der Waals surface area contributed by atoms with Crippen molar-refractivity contribution in [3.63, 3.8) is 0 Å². The molecule has 3 aromatic heterocycles. The number of furan rings is 1. The average Bonchev–Trinajstić information content (AvgIpc) is 3.72. The van der Waals surface area contributed by atoms with Crippen LogP contribution in [-0.4, -0.2) is 15.0 Å². The SMILES string of the molecule is c1cc(-c2nc(-c3ccc4ccccc4c3)nc(-c3ccc4c(c3)oc3ccccc34)n2)cc(-c2cccc3c2sc2ccccc23)c1. The number of benzene rings is 7. The fourth-order valence-corrected chi connectivity index (χ4v) is 8.00. The second-order valence-electron chi connectivity index (χ2n) is 12.0. The van der Waals surface area contributed by atoms with Crippen molar-refractivity contribution in [1.82, 2.24) is 15.0 Å². The largest absolute Gasteiger partial charge is 0.456 e. The Bertz CT molecular complexity index is 2870. The maximum atomic E-state index is 6.24. The number of fused-ring (bicyclic) bond motifs is 7. The van der Waals surface area contributed by atoms with Gasteiger partial charge in [-0.2, -0.15) is 0 Å². The molecule has 0 saturated carbocycles. The Labute approximate surface area is 279 Å². The molecule has 48 heavy (non-hydrogen) atoms. The lowest BCUT2D eigenvalue weighted by atomic mass is 10.0. The van der Waals surface area contributed by atoms with Gasteiger partial charge in [-0.3, -0.25) is 0 Å². The summed E-state index contributed by atoms with van der Waals surface area (Å²) in [5.41, 5.74) is 6.75. The van der Waals surface area contributed by atoms with E-state index in [1.807, 2.05) is 35.6 Å². The zero-order valence-electron chi connectivity index (χ0n) is 25.6. The molecular formula is C43H25N3OS. The highest BCUT2D eigenvalue weighted by molar-refractivity contribution is 7.26. The highest BCUT2D eigenvalue weighted by Crippen LogP contribution is 2.40. The van der Waals surface area contributed by atoms with Crippen LogP contribution in [0.1, 0.15) is 0 Å². The first-order chi connectivity index (χ1) is 23.7. The monoisotopic (exact) mass is 631 g/mol. The summed E-state index contributed by atoms with van der Waals surface area (Å²) in [5.74, 6) is 1.85. The van der Waals surface area contributed by atoms with Gasteiger partial charge in [0.2, 0.25) is 0 Å². The van der Waals surface area contributed by atoms with Gasteiger partial charge in [0, 0.05) is 47.6 Å². The van der Waals surface area contributed by atoms with Gasteiger partial charge in [0.1, 0.15) is 11.2 Å². The molecule has 10 rings (SSSR count). The molecule has 0 unspecified atom stereocenters. The number of hydrogen-bond donors (Lipinski definition) is 0. The Morgan fingerprint density at radius 3 is 1.90 bits per heavy atom. The molecule has 0 fully saturated rings. The molecule has 0 bridgehead atoms. The summed E-state index contributed by atoms with van der Waals surface area (Å²) in [6.45, 7) is 0. The minimum absolute atomic E-state index is 0.600. The predicted octanol–water partition coefficient (Wildman–Crippen LogP) is 12.0. The van der Waals surface area contributed by atoms with Gasteiger partial charge >= 0.3 is 0 Å². The second kappa shape index (κ2) is 10.7. The van der Waals surface area contributed by atoms with Gasteiger partial charge in [0.15, 0.2) is 17.5 Å². The van der Waals surface area contributed by atoms with Crippen LogP contribution >= 0.6 is 11.3 Å². The molecule has 7 aromatic carbocycles. The van der Waals surface area contributed by atoms with Crippen LogP contribution in [0.15, 0.2) is 156 Å². The van der Waals surface area contributed by atoms with Gasteiger partial charge in [0.05, 0.1) is 0 Å². The van der Waals surface area contributed by atoms with E-state index in [1.165, 1.54) is 31.1 Å². The van der Waals surface area contributed by atoms with E-state index in [-0.39, 0.29) is 0 Å². The summed E-state index contributed by atoms with van der Waals surface area (Å²) in [7, 11) is 0. The van der Waals surface area contributed by atoms with Crippen molar-refractivity contribution in [3.05, 3.63) is 152 Å². The Kier molecular flexibility index (Phi) is 6.01. The molecule has 10 aromatic rings. The third-order valence-electron chi connectivity index (χ3n) is 9.12. The van der Waals surface area contributed by atoms with Gasteiger partial charge in [-0.25, -0.2) is 15.0 Å². The van der Waals surface area contributed by atoms with Crippen molar-refractivity contribution in [1.29, 1.82) is 0 Å². The smallest absolute Gasteiger partial charge is 0.164 e. The van der Waals surface area contributed by atoms with Crippen molar-refractivity contribution in [3.8, 4) is 45.3 Å². The third kappa shape index (κ3) is 4.40. The molecule has 0 aliphatic carbocycles. The predicted molar refractivity (Wildman–Crippen MR) is 199 cm³/mol. The maximum Gasteiger partial charge on any atom is 0.164 e. The highest BCUT2D eigenvalue weighted by Gasteiger charge is 2.16. The van der Waals surface area contributed by atoms with Gasteiger partial charge in [-0.15, -0.1) is 11.3 Å². The van der Waals surface area contributed by atoms with E-state index < -0.39 is 0 Å². The van der Waals surface area contributed by atoms with E-state index >= 15 is 0 Å². The Balaban J connectivity index is 1.16. The second-order valence-corrected chi connectivity index (χ2v) is 13.1. The Morgan fingerprint density at radius 1 is 0.396 bits per heavy atom. The first kappa shape index (κ1) is 27.0. The summed E-state index contributed by atoms with van der Waals surface area (Å²) in [4.78, 5) is 15.2. The Morgan fingerprint density at radius 2 is 1.02 bits per heavy atom. The molecule has 0 radical (unpaired) electrons. The zero-order valence-corrected chi connectivity index (χ0v) is 26.4. The van der Waals surface area contributed by atoms with Crippen LogP contribution in [0.3, 0.4) is 0 Å². The van der Waals surface area contributed by atoms with Crippen LogP contribution in [0.5, 0.6) is 0 Å². The van der Waals surface area contributed by atoms with Crippen molar-refractivity contribution in [2.24, 2.45) is 0 Å². The van der Waals surface area contributed by atoms with E-state index in [0.717, 1.165) is 49.6 Å². The molecule has 0 saturated heterocycles. The molecule has 0 N–H and O–H groups in total. The lowest BCUT2D eigenvalue weighted by molar-refractivity contribution is 0.669. The molecule has 224 valence electrons. The fraction of sp³-hybridized carbons (Fsp3) is 0. The van der Waals surface area contributed by atoms with Crippen molar-refractivity contribution >= 4 is 64.2 Å². The summed E-state index contributed by atoms with van der Waals surface area (Å²) >= 11 is 1.84. The van der Waals surface area contributed by atoms with Crippen molar-refractivity contribution in [2.45, 2.75) is 0 Å². The first-order valence-electron chi connectivity index (χ1n) is 15.9. The lowest BCUT2D eigenvalue weighted by Gasteiger charge is -2.10. The maximum absolute atomic E-state index is 6.24. The number of thiophene rings is 1. The van der Waals surface area contributed by atoms with Crippen LogP contribution in [0.4, 0.5) is 0 Å². The molecule has 0 aliphatic rings.